The molecule has 1 atom stereocenters. The predicted octanol–water partition coefficient (Wildman–Crippen LogP) is 2.60. The van der Waals surface area contributed by atoms with Crippen molar-refractivity contribution in [2.45, 2.75) is 32.2 Å². The summed E-state index contributed by atoms with van der Waals surface area (Å²) in [6, 6.07) is 2.14. The second-order valence-electron chi connectivity index (χ2n) is 4.18. The molecule has 82 valence electrons. The lowest BCUT2D eigenvalue weighted by Gasteiger charge is -2.31. The van der Waals surface area contributed by atoms with Crippen LogP contribution < -0.4 is 0 Å². The third-order valence-corrected chi connectivity index (χ3v) is 3.10. The second-order valence-corrected chi connectivity index (χ2v) is 4.57. The van der Waals surface area contributed by atoms with Gasteiger partial charge in [0, 0.05) is 5.69 Å². The quantitative estimate of drug-likeness (QED) is 0.688. The molecule has 2 heterocycles. The van der Waals surface area contributed by atoms with Crippen LogP contribution in [0, 0.1) is 6.92 Å². The average molecular weight is 226 g/mol. The zero-order chi connectivity index (χ0) is 10.8. The van der Waals surface area contributed by atoms with E-state index in [9.17, 15) is 0 Å². The molecule has 2 rings (SSSR count). The molecule has 0 saturated carbocycles. The number of halogens is 1. The maximum atomic E-state index is 5.95. The highest BCUT2D eigenvalue weighted by molar-refractivity contribution is 6.29. The monoisotopic (exact) mass is 225 g/mol. The number of nitrogens with zero attached hydrogens (tertiary/aromatic N) is 3. The van der Waals surface area contributed by atoms with Crippen LogP contribution in [0.2, 0.25) is 5.15 Å². The van der Waals surface area contributed by atoms with Crippen LogP contribution in [0.25, 0.3) is 0 Å². The van der Waals surface area contributed by atoms with Gasteiger partial charge in [-0.2, -0.15) is 0 Å². The van der Waals surface area contributed by atoms with Crippen LogP contribution in [0.5, 0.6) is 0 Å². The van der Waals surface area contributed by atoms with Gasteiger partial charge in [0.15, 0.2) is 0 Å². The number of hydrogen-bond donors (Lipinski definition) is 0. The first-order chi connectivity index (χ1) is 7.16. The lowest BCUT2D eigenvalue weighted by atomic mass is 10.0. The van der Waals surface area contributed by atoms with Gasteiger partial charge >= 0.3 is 0 Å². The van der Waals surface area contributed by atoms with Gasteiger partial charge in [-0.15, -0.1) is 0 Å². The molecule has 3 nitrogen and oxygen atoms in total. The van der Waals surface area contributed by atoms with Crippen molar-refractivity contribution < 1.29 is 0 Å². The van der Waals surface area contributed by atoms with E-state index in [1.807, 2.05) is 6.92 Å². The fourth-order valence-electron chi connectivity index (χ4n) is 2.10. The summed E-state index contributed by atoms with van der Waals surface area (Å²) in [5.74, 6) is 0.877. The summed E-state index contributed by atoms with van der Waals surface area (Å²) in [6.45, 7) is 3.08. The Hall–Kier alpha value is -0.670. The van der Waals surface area contributed by atoms with Crippen molar-refractivity contribution in [3.05, 3.63) is 22.7 Å². The Morgan fingerprint density at radius 2 is 2.20 bits per heavy atom. The summed E-state index contributed by atoms with van der Waals surface area (Å²) in [5, 5.41) is 0.552. The van der Waals surface area contributed by atoms with Crippen molar-refractivity contribution in [1.82, 2.24) is 14.9 Å². The Morgan fingerprint density at radius 1 is 1.40 bits per heavy atom. The molecule has 0 bridgehead atoms. The smallest absolute Gasteiger partial charge is 0.147 e. The first-order valence-corrected chi connectivity index (χ1v) is 5.76. The summed E-state index contributed by atoms with van der Waals surface area (Å²) in [5.41, 5.74) is 0.948. The molecule has 1 saturated heterocycles. The van der Waals surface area contributed by atoms with E-state index in [0.29, 0.717) is 11.2 Å². The molecule has 0 spiro atoms. The van der Waals surface area contributed by atoms with Crippen molar-refractivity contribution in [2.24, 2.45) is 0 Å². The van der Waals surface area contributed by atoms with Crippen LogP contribution >= 0.6 is 11.6 Å². The van der Waals surface area contributed by atoms with Gasteiger partial charge in [0.05, 0.1) is 6.04 Å². The molecule has 0 radical (unpaired) electrons. The van der Waals surface area contributed by atoms with E-state index in [-0.39, 0.29) is 0 Å². The van der Waals surface area contributed by atoms with E-state index in [1.165, 1.54) is 12.8 Å². The van der Waals surface area contributed by atoms with Crippen molar-refractivity contribution in [3.63, 3.8) is 0 Å². The summed E-state index contributed by atoms with van der Waals surface area (Å²) < 4.78 is 0. The van der Waals surface area contributed by atoms with E-state index in [1.54, 1.807) is 6.07 Å². The molecule has 0 aliphatic carbocycles. The Balaban J connectivity index is 2.27. The number of rotatable bonds is 1. The first kappa shape index (κ1) is 10.8. The standard InChI is InChI=1S/C11H16ClN3/c1-8-7-10(12)14-11(13-8)9-5-3-4-6-15(9)2/h7,9H,3-6H2,1-2H3. The van der Waals surface area contributed by atoms with Gasteiger partial charge < -0.3 is 0 Å². The molecule has 1 fully saturated rings. The number of aromatic nitrogens is 2. The molecule has 15 heavy (non-hydrogen) atoms. The summed E-state index contributed by atoms with van der Waals surface area (Å²) in [6.07, 6.45) is 3.66. The topological polar surface area (TPSA) is 29.0 Å². The van der Waals surface area contributed by atoms with E-state index >= 15 is 0 Å². The average Bonchev–Trinajstić information content (AvgIpc) is 2.16. The lowest BCUT2D eigenvalue weighted by Crippen LogP contribution is -2.31. The van der Waals surface area contributed by atoms with Gasteiger partial charge in [-0.05, 0) is 39.4 Å². The Labute approximate surface area is 95.5 Å². The molecule has 0 aromatic carbocycles. The lowest BCUT2D eigenvalue weighted by molar-refractivity contribution is 0.179. The van der Waals surface area contributed by atoms with Crippen molar-refractivity contribution in [3.8, 4) is 0 Å². The molecule has 1 aliphatic heterocycles. The molecule has 1 aromatic heterocycles. The number of hydrogen-bond acceptors (Lipinski definition) is 3. The third-order valence-electron chi connectivity index (χ3n) is 2.91. The summed E-state index contributed by atoms with van der Waals surface area (Å²) in [7, 11) is 2.13. The number of likely N-dealkylation sites (tertiary alicyclic amines) is 1. The Kier molecular flexibility index (Phi) is 3.22. The molecule has 1 aliphatic rings. The van der Waals surface area contributed by atoms with Gasteiger partial charge in [0.1, 0.15) is 11.0 Å². The fourth-order valence-corrected chi connectivity index (χ4v) is 2.35. The minimum Gasteiger partial charge on any atom is -0.296 e. The van der Waals surface area contributed by atoms with Crippen molar-refractivity contribution in [2.75, 3.05) is 13.6 Å². The molecular weight excluding hydrogens is 210 g/mol. The van der Waals surface area contributed by atoms with Crippen LogP contribution in [0.4, 0.5) is 0 Å². The van der Waals surface area contributed by atoms with Gasteiger partial charge in [0.25, 0.3) is 0 Å². The molecule has 0 N–H and O–H groups in total. The minimum atomic E-state index is 0.344. The number of aryl methyl sites for hydroxylation is 1. The highest BCUT2D eigenvalue weighted by Gasteiger charge is 2.23. The normalized spacial score (nSPS) is 23.0. The summed E-state index contributed by atoms with van der Waals surface area (Å²) in [4.78, 5) is 11.1. The van der Waals surface area contributed by atoms with Gasteiger partial charge in [-0.25, -0.2) is 9.97 Å². The zero-order valence-electron chi connectivity index (χ0n) is 9.20. The highest BCUT2D eigenvalue weighted by Crippen LogP contribution is 2.27. The van der Waals surface area contributed by atoms with Crippen LogP contribution in [0.1, 0.15) is 36.8 Å². The van der Waals surface area contributed by atoms with E-state index < -0.39 is 0 Å². The van der Waals surface area contributed by atoms with Gasteiger partial charge in [0.2, 0.25) is 0 Å². The summed E-state index contributed by atoms with van der Waals surface area (Å²) >= 11 is 5.95. The van der Waals surface area contributed by atoms with Gasteiger partial charge in [-0.3, -0.25) is 4.90 Å². The fraction of sp³-hybridized carbons (Fsp3) is 0.636. The molecule has 4 heteroatoms. The number of piperidine rings is 1. The van der Waals surface area contributed by atoms with Crippen LogP contribution in [-0.2, 0) is 0 Å². The van der Waals surface area contributed by atoms with Gasteiger partial charge in [-0.1, -0.05) is 18.0 Å². The molecule has 1 aromatic rings. The van der Waals surface area contributed by atoms with E-state index in [0.717, 1.165) is 24.5 Å². The SMILES string of the molecule is Cc1cc(Cl)nc(C2CCCCN2C)n1. The third kappa shape index (κ3) is 2.47. The maximum absolute atomic E-state index is 5.95. The van der Waals surface area contributed by atoms with E-state index in [4.69, 9.17) is 11.6 Å². The van der Waals surface area contributed by atoms with Crippen LogP contribution in [0.3, 0.4) is 0 Å². The highest BCUT2D eigenvalue weighted by atomic mass is 35.5. The zero-order valence-corrected chi connectivity index (χ0v) is 9.96. The van der Waals surface area contributed by atoms with Crippen molar-refractivity contribution in [1.29, 1.82) is 0 Å². The molecule has 0 amide bonds. The molecule has 1 unspecified atom stereocenters. The minimum absolute atomic E-state index is 0.344. The predicted molar refractivity (Wildman–Crippen MR) is 61.0 cm³/mol. The van der Waals surface area contributed by atoms with E-state index in [2.05, 4.69) is 21.9 Å². The Bertz CT molecular complexity index is 333. The van der Waals surface area contributed by atoms with Crippen LogP contribution in [-0.4, -0.2) is 28.5 Å². The van der Waals surface area contributed by atoms with Crippen molar-refractivity contribution >= 4 is 11.6 Å². The second kappa shape index (κ2) is 4.45. The molecular formula is C11H16ClN3. The first-order valence-electron chi connectivity index (χ1n) is 5.38. The van der Waals surface area contributed by atoms with Crippen LogP contribution in [0.15, 0.2) is 6.07 Å². The largest absolute Gasteiger partial charge is 0.296 e. The maximum Gasteiger partial charge on any atom is 0.147 e. The Morgan fingerprint density at radius 3 is 2.87 bits per heavy atom.